The number of amides is 1. The lowest BCUT2D eigenvalue weighted by atomic mass is 10.1. The molecule has 0 unspecified atom stereocenters. The fourth-order valence-electron chi connectivity index (χ4n) is 2.77. The average molecular weight is 329 g/mol. The molecule has 0 spiro atoms. The second kappa shape index (κ2) is 6.13. The highest BCUT2D eigenvalue weighted by Crippen LogP contribution is 2.25. The SMILES string of the molecule is O=C(/C=C/c1cc2c(cn1)[nH]c1ccccc12)Nc1ccccc1O. The molecular formula is C20H15N3O2. The molecule has 0 aliphatic rings. The zero-order valence-corrected chi connectivity index (χ0v) is 13.2. The van der Waals surface area contributed by atoms with Crippen LogP contribution in [0.2, 0.25) is 0 Å². The Morgan fingerprint density at radius 1 is 1.04 bits per heavy atom. The summed E-state index contributed by atoms with van der Waals surface area (Å²) in [5.74, 6) is -0.301. The highest BCUT2D eigenvalue weighted by Gasteiger charge is 2.05. The van der Waals surface area contributed by atoms with E-state index < -0.39 is 0 Å². The third-order valence-corrected chi connectivity index (χ3v) is 3.98. The van der Waals surface area contributed by atoms with E-state index >= 15 is 0 Å². The third kappa shape index (κ3) is 2.95. The number of anilines is 1. The molecule has 2 aromatic carbocycles. The number of para-hydroxylation sites is 3. The third-order valence-electron chi connectivity index (χ3n) is 3.98. The molecule has 2 heterocycles. The number of hydrogen-bond acceptors (Lipinski definition) is 3. The Bertz CT molecular complexity index is 1110. The Morgan fingerprint density at radius 3 is 2.72 bits per heavy atom. The number of carbonyl (C=O) groups excluding carboxylic acids is 1. The van der Waals surface area contributed by atoms with Crippen LogP contribution in [0.25, 0.3) is 27.9 Å². The molecule has 0 aliphatic carbocycles. The van der Waals surface area contributed by atoms with E-state index in [1.165, 1.54) is 12.1 Å². The number of nitrogens with one attached hydrogen (secondary N) is 2. The Kier molecular flexibility index (Phi) is 3.67. The van der Waals surface area contributed by atoms with Crippen LogP contribution in [0, 0.1) is 0 Å². The van der Waals surface area contributed by atoms with Crippen LogP contribution < -0.4 is 5.32 Å². The van der Waals surface area contributed by atoms with Gasteiger partial charge in [0.05, 0.1) is 23.1 Å². The van der Waals surface area contributed by atoms with Gasteiger partial charge >= 0.3 is 0 Å². The lowest BCUT2D eigenvalue weighted by molar-refractivity contribution is -0.111. The molecule has 4 aromatic rings. The molecule has 0 saturated heterocycles. The van der Waals surface area contributed by atoms with Gasteiger partial charge in [0.25, 0.3) is 0 Å². The first-order valence-corrected chi connectivity index (χ1v) is 7.84. The summed E-state index contributed by atoms with van der Waals surface area (Å²) in [5.41, 5.74) is 3.07. The summed E-state index contributed by atoms with van der Waals surface area (Å²) < 4.78 is 0. The molecule has 0 bridgehead atoms. The minimum absolute atomic E-state index is 0.0302. The van der Waals surface area contributed by atoms with Crippen molar-refractivity contribution < 1.29 is 9.90 Å². The second-order valence-electron chi connectivity index (χ2n) is 5.67. The number of pyridine rings is 1. The number of fused-ring (bicyclic) bond motifs is 3. The molecule has 3 N–H and O–H groups in total. The highest BCUT2D eigenvalue weighted by atomic mass is 16.3. The van der Waals surface area contributed by atoms with Gasteiger partial charge in [-0.05, 0) is 30.3 Å². The monoisotopic (exact) mass is 329 g/mol. The van der Waals surface area contributed by atoms with Crippen LogP contribution in [-0.4, -0.2) is 21.0 Å². The molecule has 5 heteroatoms. The van der Waals surface area contributed by atoms with Crippen molar-refractivity contribution in [3.05, 3.63) is 72.6 Å². The largest absolute Gasteiger partial charge is 0.506 e. The topological polar surface area (TPSA) is 78.0 Å². The number of hydrogen-bond donors (Lipinski definition) is 3. The van der Waals surface area contributed by atoms with Crippen molar-refractivity contribution in [2.45, 2.75) is 0 Å². The van der Waals surface area contributed by atoms with Gasteiger partial charge in [-0.3, -0.25) is 9.78 Å². The lowest BCUT2D eigenvalue weighted by Crippen LogP contribution is -2.07. The van der Waals surface area contributed by atoms with Crippen molar-refractivity contribution in [3.8, 4) is 5.75 Å². The molecule has 1 amide bonds. The fraction of sp³-hybridized carbons (Fsp3) is 0. The molecule has 122 valence electrons. The highest BCUT2D eigenvalue weighted by molar-refractivity contribution is 6.08. The molecule has 0 radical (unpaired) electrons. The van der Waals surface area contributed by atoms with Gasteiger partial charge in [-0.25, -0.2) is 0 Å². The number of nitrogens with zero attached hydrogens (tertiary/aromatic N) is 1. The van der Waals surface area contributed by atoms with Crippen LogP contribution in [-0.2, 0) is 4.79 Å². The molecule has 5 nitrogen and oxygen atoms in total. The van der Waals surface area contributed by atoms with Crippen LogP contribution >= 0.6 is 0 Å². The Balaban J connectivity index is 1.59. The molecular weight excluding hydrogens is 314 g/mol. The van der Waals surface area contributed by atoms with Crippen LogP contribution in [0.4, 0.5) is 5.69 Å². The van der Waals surface area contributed by atoms with Crippen molar-refractivity contribution >= 4 is 39.5 Å². The number of carbonyl (C=O) groups is 1. The van der Waals surface area contributed by atoms with Crippen LogP contribution in [0.1, 0.15) is 5.69 Å². The van der Waals surface area contributed by atoms with Crippen LogP contribution in [0.3, 0.4) is 0 Å². The second-order valence-corrected chi connectivity index (χ2v) is 5.67. The van der Waals surface area contributed by atoms with Gasteiger partial charge in [-0.15, -0.1) is 0 Å². The number of benzene rings is 2. The normalized spacial score (nSPS) is 11.4. The van der Waals surface area contributed by atoms with E-state index in [9.17, 15) is 9.90 Å². The Morgan fingerprint density at radius 2 is 1.84 bits per heavy atom. The van der Waals surface area contributed by atoms with E-state index in [-0.39, 0.29) is 11.7 Å². The summed E-state index contributed by atoms with van der Waals surface area (Å²) in [6.45, 7) is 0. The number of phenolic OH excluding ortho intramolecular Hbond substituents is 1. The predicted molar refractivity (Wildman–Crippen MR) is 99.4 cm³/mol. The molecule has 0 fully saturated rings. The minimum Gasteiger partial charge on any atom is -0.506 e. The molecule has 4 rings (SSSR count). The maximum atomic E-state index is 12.0. The van der Waals surface area contributed by atoms with Crippen LogP contribution in [0.15, 0.2) is 66.9 Å². The molecule has 25 heavy (non-hydrogen) atoms. The van der Waals surface area contributed by atoms with Crippen LogP contribution in [0.5, 0.6) is 5.75 Å². The van der Waals surface area contributed by atoms with E-state index in [0.717, 1.165) is 21.8 Å². The molecule has 2 aromatic heterocycles. The smallest absolute Gasteiger partial charge is 0.248 e. The lowest BCUT2D eigenvalue weighted by Gasteiger charge is -2.03. The van der Waals surface area contributed by atoms with E-state index in [1.807, 2.05) is 30.3 Å². The van der Waals surface area contributed by atoms with E-state index in [0.29, 0.717) is 11.4 Å². The number of aromatic nitrogens is 2. The summed E-state index contributed by atoms with van der Waals surface area (Å²) in [6, 6.07) is 16.6. The zero-order valence-electron chi connectivity index (χ0n) is 13.2. The molecule has 0 saturated carbocycles. The van der Waals surface area contributed by atoms with Crippen molar-refractivity contribution in [2.24, 2.45) is 0 Å². The average Bonchev–Trinajstić information content (AvgIpc) is 3.00. The summed E-state index contributed by atoms with van der Waals surface area (Å²) in [7, 11) is 0. The number of aromatic hydroxyl groups is 1. The van der Waals surface area contributed by atoms with Gasteiger partial charge in [0.15, 0.2) is 0 Å². The van der Waals surface area contributed by atoms with E-state index in [1.54, 1.807) is 30.5 Å². The maximum absolute atomic E-state index is 12.0. The fourth-order valence-corrected chi connectivity index (χ4v) is 2.77. The van der Waals surface area contributed by atoms with Gasteiger partial charge in [0.1, 0.15) is 5.75 Å². The number of phenols is 1. The van der Waals surface area contributed by atoms with Crippen molar-refractivity contribution in [2.75, 3.05) is 5.32 Å². The quantitative estimate of drug-likeness (QED) is 0.391. The van der Waals surface area contributed by atoms with Gasteiger partial charge in [0, 0.05) is 22.4 Å². The Hall–Kier alpha value is -3.60. The minimum atomic E-state index is -0.331. The summed E-state index contributed by atoms with van der Waals surface area (Å²) in [4.78, 5) is 19.7. The van der Waals surface area contributed by atoms with Crippen molar-refractivity contribution in [3.63, 3.8) is 0 Å². The maximum Gasteiger partial charge on any atom is 0.248 e. The first-order valence-electron chi connectivity index (χ1n) is 7.84. The first-order chi connectivity index (χ1) is 12.2. The Labute approximate surface area is 143 Å². The van der Waals surface area contributed by atoms with Crippen molar-refractivity contribution in [1.82, 2.24) is 9.97 Å². The molecule has 0 atom stereocenters. The van der Waals surface area contributed by atoms with Crippen molar-refractivity contribution in [1.29, 1.82) is 0 Å². The van der Waals surface area contributed by atoms with Gasteiger partial charge in [0.2, 0.25) is 5.91 Å². The number of rotatable bonds is 3. The summed E-state index contributed by atoms with van der Waals surface area (Å²) in [5, 5.41) is 14.5. The number of aromatic amines is 1. The molecule has 0 aliphatic heterocycles. The summed E-state index contributed by atoms with van der Waals surface area (Å²) in [6.07, 6.45) is 4.81. The first kappa shape index (κ1) is 15.0. The van der Waals surface area contributed by atoms with Gasteiger partial charge in [-0.1, -0.05) is 30.3 Å². The van der Waals surface area contributed by atoms with E-state index in [4.69, 9.17) is 0 Å². The number of H-pyrrole nitrogens is 1. The zero-order chi connectivity index (χ0) is 17.2. The van der Waals surface area contributed by atoms with E-state index in [2.05, 4.69) is 15.3 Å². The predicted octanol–water partition coefficient (Wildman–Crippen LogP) is 4.07. The van der Waals surface area contributed by atoms with Gasteiger partial charge < -0.3 is 15.4 Å². The summed E-state index contributed by atoms with van der Waals surface area (Å²) >= 11 is 0. The standard InChI is InChI=1S/C20H15N3O2/c24-19-8-4-3-7-17(19)23-20(25)10-9-13-11-15-14-5-1-2-6-16(14)22-18(15)12-21-13/h1-12,22,24H,(H,23,25)/b10-9+. The van der Waals surface area contributed by atoms with Gasteiger partial charge in [-0.2, -0.15) is 0 Å².